The van der Waals surface area contributed by atoms with Crippen LogP contribution in [0.15, 0.2) is 64.4 Å². The number of nitrogens with zero attached hydrogens (tertiary/aromatic N) is 1. The Kier molecular flexibility index (Phi) is 5.69. The van der Waals surface area contributed by atoms with Crippen LogP contribution in [0.3, 0.4) is 0 Å². The molecule has 2 N–H and O–H groups in total. The number of nitrogens with one attached hydrogen (secondary N) is 2. The fourth-order valence-corrected chi connectivity index (χ4v) is 4.76. The van der Waals surface area contributed by atoms with Crippen molar-refractivity contribution in [3.8, 4) is 11.3 Å². The second-order valence-corrected chi connectivity index (χ2v) is 9.06. The Bertz CT molecular complexity index is 1060. The number of anilines is 1. The Balaban J connectivity index is 1.47. The van der Waals surface area contributed by atoms with E-state index in [4.69, 9.17) is 4.42 Å². The van der Waals surface area contributed by atoms with E-state index in [1.54, 1.807) is 30.5 Å². The summed E-state index contributed by atoms with van der Waals surface area (Å²) in [6, 6.07) is 12.9. The molecule has 1 aliphatic carbocycles. The largest absolute Gasteiger partial charge is 0.444 e. The Labute approximate surface area is 171 Å². The van der Waals surface area contributed by atoms with Crippen molar-refractivity contribution in [1.29, 1.82) is 0 Å². The number of oxazole rings is 1. The number of fused-ring (bicyclic) bond motifs is 1. The average Bonchev–Trinajstić information content (AvgIpc) is 3.27. The zero-order valence-electron chi connectivity index (χ0n) is 16.4. The van der Waals surface area contributed by atoms with Gasteiger partial charge in [-0.3, -0.25) is 4.72 Å². The molecular formula is C22H25N3O3S. The third kappa shape index (κ3) is 4.52. The molecule has 0 spiro atoms. The molecule has 0 aliphatic heterocycles. The van der Waals surface area contributed by atoms with E-state index in [0.717, 1.165) is 37.8 Å². The zero-order valence-corrected chi connectivity index (χ0v) is 17.2. The molecule has 3 aromatic rings. The van der Waals surface area contributed by atoms with Crippen molar-refractivity contribution < 1.29 is 12.8 Å². The molecule has 7 heteroatoms. The molecule has 4 rings (SSSR count). The van der Waals surface area contributed by atoms with Crippen molar-refractivity contribution in [2.24, 2.45) is 0 Å². The van der Waals surface area contributed by atoms with Gasteiger partial charge in [0.25, 0.3) is 10.0 Å². The molecule has 152 valence electrons. The van der Waals surface area contributed by atoms with Gasteiger partial charge < -0.3 is 9.73 Å². The van der Waals surface area contributed by atoms with Gasteiger partial charge in [0.1, 0.15) is 0 Å². The summed E-state index contributed by atoms with van der Waals surface area (Å²) in [4.78, 5) is 4.09. The van der Waals surface area contributed by atoms with E-state index >= 15 is 0 Å². The lowest BCUT2D eigenvalue weighted by Crippen LogP contribution is -2.35. The normalized spacial score (nSPS) is 16.4. The molecule has 1 atom stereocenters. The second kappa shape index (κ2) is 8.39. The van der Waals surface area contributed by atoms with Gasteiger partial charge in [-0.25, -0.2) is 13.4 Å². The van der Waals surface area contributed by atoms with E-state index in [9.17, 15) is 8.42 Å². The van der Waals surface area contributed by atoms with Crippen molar-refractivity contribution >= 4 is 15.7 Å². The lowest BCUT2D eigenvalue weighted by atomic mass is 9.88. The lowest BCUT2D eigenvalue weighted by molar-refractivity contribution is 0.459. The summed E-state index contributed by atoms with van der Waals surface area (Å²) in [7, 11) is -3.66. The summed E-state index contributed by atoms with van der Waals surface area (Å²) < 4.78 is 33.5. The minimum absolute atomic E-state index is 0.210. The summed E-state index contributed by atoms with van der Waals surface area (Å²) in [6.07, 6.45) is 7.09. The summed E-state index contributed by atoms with van der Waals surface area (Å²) in [5.74, 6) is 0.600. The van der Waals surface area contributed by atoms with E-state index in [1.165, 1.54) is 17.5 Å². The van der Waals surface area contributed by atoms with Crippen LogP contribution in [0.4, 0.5) is 5.69 Å². The molecule has 0 amide bonds. The third-order valence-corrected chi connectivity index (χ3v) is 6.65. The van der Waals surface area contributed by atoms with Gasteiger partial charge in [-0.15, -0.1) is 0 Å². The Morgan fingerprint density at radius 3 is 2.69 bits per heavy atom. The molecule has 1 aromatic heterocycles. The first-order valence-electron chi connectivity index (χ1n) is 9.92. The third-order valence-electron chi connectivity index (χ3n) is 5.25. The van der Waals surface area contributed by atoms with Crippen LogP contribution in [-0.4, -0.2) is 26.0 Å². The molecule has 0 fully saturated rings. The molecule has 1 aliphatic rings. The number of hydrogen-bond donors (Lipinski definition) is 2. The second-order valence-electron chi connectivity index (χ2n) is 7.37. The van der Waals surface area contributed by atoms with Gasteiger partial charge in [0.2, 0.25) is 0 Å². The predicted molar refractivity (Wildman–Crippen MR) is 113 cm³/mol. The van der Waals surface area contributed by atoms with Crippen LogP contribution in [0.2, 0.25) is 0 Å². The molecule has 0 saturated carbocycles. The SMILES string of the molecule is CCCN[C@@H]1CCc2cc(NS(=O)(=O)c3ccc(-c4cnco4)cc3)ccc2C1. The Morgan fingerprint density at radius 2 is 1.97 bits per heavy atom. The van der Waals surface area contributed by atoms with Gasteiger partial charge in [0, 0.05) is 17.3 Å². The minimum Gasteiger partial charge on any atom is -0.444 e. The number of hydrogen-bond acceptors (Lipinski definition) is 5. The van der Waals surface area contributed by atoms with Crippen LogP contribution < -0.4 is 10.0 Å². The molecule has 2 aromatic carbocycles. The van der Waals surface area contributed by atoms with Gasteiger partial charge in [-0.1, -0.05) is 13.0 Å². The monoisotopic (exact) mass is 411 g/mol. The van der Waals surface area contributed by atoms with Gasteiger partial charge in [0.05, 0.1) is 11.1 Å². The summed E-state index contributed by atoms with van der Waals surface area (Å²) in [6.45, 7) is 3.21. The highest BCUT2D eigenvalue weighted by atomic mass is 32.2. The van der Waals surface area contributed by atoms with Crippen LogP contribution in [0, 0.1) is 0 Å². The van der Waals surface area contributed by atoms with Crippen molar-refractivity contribution in [1.82, 2.24) is 10.3 Å². The van der Waals surface area contributed by atoms with Gasteiger partial charge in [-0.2, -0.15) is 0 Å². The van der Waals surface area contributed by atoms with Crippen LogP contribution in [0.25, 0.3) is 11.3 Å². The van der Waals surface area contributed by atoms with Gasteiger partial charge >= 0.3 is 0 Å². The summed E-state index contributed by atoms with van der Waals surface area (Å²) >= 11 is 0. The molecular weight excluding hydrogens is 386 g/mol. The standard InChI is InChI=1S/C22H25N3O3S/c1-2-11-24-19-7-3-18-13-20(8-4-17(18)12-19)25-29(26,27)21-9-5-16(6-10-21)22-14-23-15-28-22/h4-6,8-10,13-15,19,24-25H,2-3,7,11-12H2,1H3/t19-/m1/s1. The first kappa shape index (κ1) is 19.7. The smallest absolute Gasteiger partial charge is 0.261 e. The number of aromatic nitrogens is 1. The zero-order chi connectivity index (χ0) is 20.3. The number of benzene rings is 2. The minimum atomic E-state index is -3.66. The van der Waals surface area contributed by atoms with E-state index in [2.05, 4.69) is 21.9 Å². The Morgan fingerprint density at radius 1 is 1.14 bits per heavy atom. The van der Waals surface area contributed by atoms with Crippen molar-refractivity contribution in [3.05, 3.63) is 66.2 Å². The highest BCUT2D eigenvalue weighted by Crippen LogP contribution is 2.27. The maximum atomic E-state index is 12.8. The van der Waals surface area contributed by atoms with E-state index in [1.807, 2.05) is 18.2 Å². The van der Waals surface area contributed by atoms with Crippen LogP contribution in [0.5, 0.6) is 0 Å². The van der Waals surface area contributed by atoms with Crippen LogP contribution in [-0.2, 0) is 22.9 Å². The first-order valence-corrected chi connectivity index (χ1v) is 11.4. The van der Waals surface area contributed by atoms with Crippen LogP contribution >= 0.6 is 0 Å². The summed E-state index contributed by atoms with van der Waals surface area (Å²) in [5, 5.41) is 3.58. The van der Waals surface area contributed by atoms with E-state index < -0.39 is 10.0 Å². The van der Waals surface area contributed by atoms with Crippen molar-refractivity contribution in [2.75, 3.05) is 11.3 Å². The maximum absolute atomic E-state index is 12.8. The fraction of sp³-hybridized carbons (Fsp3) is 0.318. The number of rotatable bonds is 7. The molecule has 0 bridgehead atoms. The molecule has 0 unspecified atom stereocenters. The van der Waals surface area contributed by atoms with Gasteiger partial charge in [-0.05, 0) is 79.8 Å². The van der Waals surface area contributed by atoms with Crippen molar-refractivity contribution in [3.63, 3.8) is 0 Å². The molecule has 6 nitrogen and oxygen atoms in total. The molecule has 0 radical (unpaired) electrons. The van der Waals surface area contributed by atoms with Crippen LogP contribution in [0.1, 0.15) is 30.9 Å². The lowest BCUT2D eigenvalue weighted by Gasteiger charge is -2.26. The van der Waals surface area contributed by atoms with E-state index in [-0.39, 0.29) is 4.90 Å². The number of sulfonamides is 1. The first-order chi connectivity index (χ1) is 14.0. The topological polar surface area (TPSA) is 84.2 Å². The predicted octanol–water partition coefficient (Wildman–Crippen LogP) is 4.00. The van der Waals surface area contributed by atoms with Crippen molar-refractivity contribution in [2.45, 2.75) is 43.5 Å². The molecule has 1 heterocycles. The van der Waals surface area contributed by atoms with Gasteiger partial charge in [0.15, 0.2) is 12.2 Å². The maximum Gasteiger partial charge on any atom is 0.261 e. The highest BCUT2D eigenvalue weighted by molar-refractivity contribution is 7.92. The average molecular weight is 412 g/mol. The number of aryl methyl sites for hydroxylation is 1. The Hall–Kier alpha value is -2.64. The summed E-state index contributed by atoms with van der Waals surface area (Å²) in [5.41, 5.74) is 3.90. The fourth-order valence-electron chi connectivity index (χ4n) is 3.71. The quantitative estimate of drug-likeness (QED) is 0.614. The molecule has 0 saturated heterocycles. The highest BCUT2D eigenvalue weighted by Gasteiger charge is 2.20. The molecule has 29 heavy (non-hydrogen) atoms. The van der Waals surface area contributed by atoms with E-state index in [0.29, 0.717) is 17.5 Å².